The Labute approximate surface area is 130 Å². The highest BCUT2D eigenvalue weighted by Crippen LogP contribution is 2.50. The standard InChI is InChI=1S/C16H14N2O5/c19-15-10(16(20)21)7-17-11-4-2-1-3-8(11)9-5-6-12(18(22)23)13(15)14(9)17/h5-8,11H,1-4H2,(H,20,21). The lowest BCUT2D eigenvalue weighted by Gasteiger charge is -2.27. The van der Waals surface area contributed by atoms with Gasteiger partial charge in [-0.2, -0.15) is 0 Å². The number of pyridine rings is 1. The van der Waals surface area contributed by atoms with Crippen LogP contribution in [0.4, 0.5) is 5.69 Å². The molecule has 0 spiro atoms. The van der Waals surface area contributed by atoms with Crippen LogP contribution in [0.15, 0.2) is 23.1 Å². The topological polar surface area (TPSA) is 102 Å². The van der Waals surface area contributed by atoms with Gasteiger partial charge in [0.25, 0.3) is 5.69 Å². The highest BCUT2D eigenvalue weighted by Gasteiger charge is 2.38. The SMILES string of the molecule is O=C(O)c1cn2c3c(ccc([N+](=O)[O-])c3c1=O)C1CCCCC12. The Kier molecular flexibility index (Phi) is 2.81. The van der Waals surface area contributed by atoms with E-state index >= 15 is 0 Å². The van der Waals surface area contributed by atoms with E-state index in [1.54, 1.807) is 10.6 Å². The van der Waals surface area contributed by atoms with Crippen LogP contribution in [0.2, 0.25) is 0 Å². The molecule has 7 nitrogen and oxygen atoms in total. The van der Waals surface area contributed by atoms with E-state index in [2.05, 4.69) is 0 Å². The van der Waals surface area contributed by atoms with Crippen LogP contribution < -0.4 is 5.43 Å². The van der Waals surface area contributed by atoms with Gasteiger partial charge in [-0.05, 0) is 24.5 Å². The molecule has 4 rings (SSSR count). The number of nitro groups is 1. The van der Waals surface area contributed by atoms with Crippen LogP contribution in [0.1, 0.15) is 53.6 Å². The first-order chi connectivity index (χ1) is 11.0. The summed E-state index contributed by atoms with van der Waals surface area (Å²) in [7, 11) is 0. The number of hydrogen-bond donors (Lipinski definition) is 1. The summed E-state index contributed by atoms with van der Waals surface area (Å²) in [5, 5.41) is 20.6. The van der Waals surface area contributed by atoms with Gasteiger partial charge in [-0.3, -0.25) is 14.9 Å². The first-order valence-corrected chi connectivity index (χ1v) is 7.60. The zero-order chi connectivity index (χ0) is 16.3. The van der Waals surface area contributed by atoms with Gasteiger partial charge in [0.15, 0.2) is 0 Å². The third-order valence-corrected chi connectivity index (χ3v) is 5.10. The number of aromatic carboxylic acids is 1. The van der Waals surface area contributed by atoms with Gasteiger partial charge < -0.3 is 9.67 Å². The summed E-state index contributed by atoms with van der Waals surface area (Å²) in [5.41, 5.74) is -0.000365. The molecule has 1 fully saturated rings. The number of non-ortho nitro benzene ring substituents is 1. The lowest BCUT2D eigenvalue weighted by Crippen LogP contribution is -2.21. The maximum absolute atomic E-state index is 12.5. The third-order valence-electron chi connectivity index (χ3n) is 5.10. The second-order valence-corrected chi connectivity index (χ2v) is 6.20. The van der Waals surface area contributed by atoms with Gasteiger partial charge in [0.2, 0.25) is 5.43 Å². The number of nitrogens with zero attached hydrogens (tertiary/aromatic N) is 2. The molecule has 118 valence electrons. The molecule has 1 aromatic carbocycles. The van der Waals surface area contributed by atoms with Crippen LogP contribution in [0, 0.1) is 10.1 Å². The van der Waals surface area contributed by atoms with Gasteiger partial charge in [-0.25, -0.2) is 4.79 Å². The van der Waals surface area contributed by atoms with E-state index in [9.17, 15) is 24.8 Å². The molecule has 2 unspecified atom stereocenters. The molecule has 0 radical (unpaired) electrons. The van der Waals surface area contributed by atoms with Crippen molar-refractivity contribution in [3.8, 4) is 0 Å². The number of carboxylic acid groups (broad SMARTS) is 1. The minimum Gasteiger partial charge on any atom is -0.477 e. The van der Waals surface area contributed by atoms with Crippen LogP contribution in [-0.2, 0) is 0 Å². The molecular formula is C16H14N2O5. The fraction of sp³-hybridized carbons (Fsp3) is 0.375. The molecule has 2 aromatic rings. The second-order valence-electron chi connectivity index (χ2n) is 6.20. The predicted octanol–water partition coefficient (Wildman–Crippen LogP) is 2.82. The van der Waals surface area contributed by atoms with Crippen molar-refractivity contribution in [2.75, 3.05) is 0 Å². The number of carboxylic acids is 1. The van der Waals surface area contributed by atoms with Crippen molar-refractivity contribution in [2.45, 2.75) is 37.6 Å². The fourth-order valence-corrected chi connectivity index (χ4v) is 4.17. The predicted molar refractivity (Wildman–Crippen MR) is 82.1 cm³/mol. The summed E-state index contributed by atoms with van der Waals surface area (Å²) in [6.45, 7) is 0. The molecule has 1 aliphatic carbocycles. The van der Waals surface area contributed by atoms with Crippen LogP contribution in [0.5, 0.6) is 0 Å². The van der Waals surface area contributed by atoms with Crippen LogP contribution in [0.25, 0.3) is 10.9 Å². The van der Waals surface area contributed by atoms with Crippen molar-refractivity contribution in [1.82, 2.24) is 4.57 Å². The van der Waals surface area contributed by atoms with Crippen molar-refractivity contribution >= 4 is 22.6 Å². The van der Waals surface area contributed by atoms with Gasteiger partial charge in [0.1, 0.15) is 10.9 Å². The summed E-state index contributed by atoms with van der Waals surface area (Å²) in [6.07, 6.45) is 5.33. The van der Waals surface area contributed by atoms with Crippen LogP contribution in [-0.4, -0.2) is 20.6 Å². The molecular weight excluding hydrogens is 300 g/mol. The normalized spacial score (nSPS) is 22.1. The summed E-state index contributed by atoms with van der Waals surface area (Å²) >= 11 is 0. The Morgan fingerprint density at radius 2 is 2.04 bits per heavy atom. The van der Waals surface area contributed by atoms with Crippen molar-refractivity contribution in [1.29, 1.82) is 0 Å². The number of nitro benzene ring substituents is 1. The van der Waals surface area contributed by atoms with E-state index in [0.29, 0.717) is 5.52 Å². The Hall–Kier alpha value is -2.70. The highest BCUT2D eigenvalue weighted by molar-refractivity contribution is 5.98. The molecule has 1 saturated carbocycles. The minimum atomic E-state index is -1.35. The first-order valence-electron chi connectivity index (χ1n) is 7.60. The smallest absolute Gasteiger partial charge is 0.341 e. The van der Waals surface area contributed by atoms with E-state index in [0.717, 1.165) is 31.2 Å². The van der Waals surface area contributed by atoms with Gasteiger partial charge in [0.05, 0.1) is 10.4 Å². The summed E-state index contributed by atoms with van der Waals surface area (Å²) in [4.78, 5) is 34.6. The Morgan fingerprint density at radius 1 is 1.30 bits per heavy atom. The molecule has 0 saturated heterocycles. The average Bonchev–Trinajstić information content (AvgIpc) is 2.85. The molecule has 0 bridgehead atoms. The Morgan fingerprint density at radius 3 is 2.74 bits per heavy atom. The maximum Gasteiger partial charge on any atom is 0.341 e. The van der Waals surface area contributed by atoms with Gasteiger partial charge in [0, 0.05) is 24.2 Å². The summed E-state index contributed by atoms with van der Waals surface area (Å²) < 4.78 is 1.80. The summed E-state index contributed by atoms with van der Waals surface area (Å²) in [5.74, 6) is -1.14. The number of fused-ring (bicyclic) bond motifs is 3. The van der Waals surface area contributed by atoms with E-state index in [4.69, 9.17) is 0 Å². The van der Waals surface area contributed by atoms with Gasteiger partial charge in [-0.1, -0.05) is 12.8 Å². The van der Waals surface area contributed by atoms with E-state index < -0.39 is 21.9 Å². The molecule has 2 atom stereocenters. The first kappa shape index (κ1) is 13.9. The third kappa shape index (κ3) is 1.76. The number of rotatable bonds is 2. The van der Waals surface area contributed by atoms with Gasteiger partial charge in [-0.15, -0.1) is 0 Å². The molecule has 2 heterocycles. The van der Waals surface area contributed by atoms with Crippen molar-refractivity contribution < 1.29 is 14.8 Å². The average molecular weight is 314 g/mol. The minimum absolute atomic E-state index is 0.0678. The molecule has 1 aliphatic heterocycles. The Balaban J connectivity index is 2.17. The van der Waals surface area contributed by atoms with Gasteiger partial charge >= 0.3 is 5.97 Å². The number of benzene rings is 1. The second kappa shape index (κ2) is 4.65. The van der Waals surface area contributed by atoms with Crippen LogP contribution in [0.3, 0.4) is 0 Å². The Bertz CT molecular complexity index is 930. The number of hydrogen-bond acceptors (Lipinski definition) is 4. The van der Waals surface area contributed by atoms with Crippen molar-refractivity contribution in [3.05, 3.63) is 49.8 Å². The van der Waals surface area contributed by atoms with E-state index in [1.807, 2.05) is 0 Å². The monoisotopic (exact) mass is 314 g/mol. The van der Waals surface area contributed by atoms with Crippen molar-refractivity contribution in [2.24, 2.45) is 0 Å². The fourth-order valence-electron chi connectivity index (χ4n) is 4.17. The lowest BCUT2D eigenvalue weighted by molar-refractivity contribution is -0.383. The molecule has 1 aromatic heterocycles. The van der Waals surface area contributed by atoms with Crippen LogP contribution >= 0.6 is 0 Å². The number of carbonyl (C=O) groups is 1. The molecule has 0 amide bonds. The molecule has 1 N–H and O–H groups in total. The maximum atomic E-state index is 12.5. The summed E-state index contributed by atoms with van der Waals surface area (Å²) in [6, 6.07) is 3.15. The quantitative estimate of drug-likeness (QED) is 0.678. The highest BCUT2D eigenvalue weighted by atomic mass is 16.6. The molecule has 2 aliphatic rings. The molecule has 23 heavy (non-hydrogen) atoms. The molecule has 7 heteroatoms. The lowest BCUT2D eigenvalue weighted by atomic mass is 9.82. The van der Waals surface area contributed by atoms with Crippen molar-refractivity contribution in [3.63, 3.8) is 0 Å². The van der Waals surface area contributed by atoms with E-state index in [-0.39, 0.29) is 23.0 Å². The largest absolute Gasteiger partial charge is 0.477 e. The zero-order valence-corrected chi connectivity index (χ0v) is 12.2. The zero-order valence-electron chi connectivity index (χ0n) is 12.2. The number of aromatic nitrogens is 1. The van der Waals surface area contributed by atoms with E-state index in [1.165, 1.54) is 12.3 Å².